The third-order valence-corrected chi connectivity index (χ3v) is 6.41. The number of imidazole rings is 1. The number of benzene rings is 2. The highest BCUT2D eigenvalue weighted by Crippen LogP contribution is 2.40. The van der Waals surface area contributed by atoms with Gasteiger partial charge in [0.15, 0.2) is 17.0 Å². The lowest BCUT2D eigenvalue weighted by Crippen LogP contribution is -1.98. The average Bonchev–Trinajstić information content (AvgIpc) is 3.11. The van der Waals surface area contributed by atoms with E-state index in [0.717, 1.165) is 16.8 Å². The molecular weight excluding hydrogens is 441 g/mol. The maximum absolute atomic E-state index is 12.1. The molecule has 0 aliphatic heterocycles. The number of rotatable bonds is 6. The zero-order chi connectivity index (χ0) is 22.9. The Morgan fingerprint density at radius 1 is 1.06 bits per heavy atom. The lowest BCUT2D eigenvalue weighted by Gasteiger charge is -2.09. The smallest absolute Gasteiger partial charge is 0.226 e. The van der Waals surface area contributed by atoms with Crippen molar-refractivity contribution in [1.29, 1.82) is 0 Å². The molecule has 0 saturated carbocycles. The van der Waals surface area contributed by atoms with E-state index in [9.17, 15) is 4.57 Å². The Morgan fingerprint density at radius 2 is 1.75 bits per heavy atom. The molecule has 2 heterocycles. The Bertz CT molecular complexity index is 1330. The molecule has 0 unspecified atom stereocenters. The molecular formula is C24H25ClN5OP. The fraction of sp³-hybridized carbons (Fsp3) is 0.208. The Labute approximate surface area is 192 Å². The van der Waals surface area contributed by atoms with Gasteiger partial charge in [-0.2, -0.15) is 9.97 Å². The van der Waals surface area contributed by atoms with Crippen molar-refractivity contribution < 1.29 is 4.57 Å². The quantitative estimate of drug-likeness (QED) is 0.257. The number of nitrogens with zero attached hydrogens (tertiary/aromatic N) is 4. The van der Waals surface area contributed by atoms with E-state index in [1.807, 2.05) is 41.1 Å². The first-order valence-electron chi connectivity index (χ1n) is 10.2. The van der Waals surface area contributed by atoms with E-state index in [-0.39, 0.29) is 5.28 Å². The zero-order valence-electron chi connectivity index (χ0n) is 18.5. The van der Waals surface area contributed by atoms with Crippen molar-refractivity contribution in [2.24, 2.45) is 0 Å². The SMILES string of the molecule is Cc1cccc(C)c1C=Cn1cnc2c(Nc3ccc(CP(C)(C)=O)cc3)nc(Cl)nc21. The zero-order valence-corrected chi connectivity index (χ0v) is 20.2. The molecule has 8 heteroatoms. The van der Waals surface area contributed by atoms with Crippen molar-refractivity contribution in [3.63, 3.8) is 0 Å². The Kier molecular flexibility index (Phi) is 6.18. The summed E-state index contributed by atoms with van der Waals surface area (Å²) in [7, 11) is -2.12. The maximum atomic E-state index is 12.1. The molecule has 2 aromatic heterocycles. The topological polar surface area (TPSA) is 72.7 Å². The number of hydrogen-bond acceptors (Lipinski definition) is 5. The molecule has 0 saturated heterocycles. The van der Waals surface area contributed by atoms with Crippen LogP contribution in [0.15, 0.2) is 48.8 Å². The van der Waals surface area contributed by atoms with Gasteiger partial charge in [-0.05, 0) is 79.2 Å². The molecule has 0 aliphatic rings. The van der Waals surface area contributed by atoms with Crippen LogP contribution in [0.25, 0.3) is 23.4 Å². The summed E-state index contributed by atoms with van der Waals surface area (Å²) in [5.41, 5.74) is 6.68. The van der Waals surface area contributed by atoms with Crippen LogP contribution < -0.4 is 5.32 Å². The molecule has 6 nitrogen and oxygen atoms in total. The second-order valence-electron chi connectivity index (χ2n) is 8.34. The van der Waals surface area contributed by atoms with E-state index in [1.165, 1.54) is 11.1 Å². The van der Waals surface area contributed by atoms with Gasteiger partial charge in [0.25, 0.3) is 0 Å². The number of anilines is 2. The van der Waals surface area contributed by atoms with Crippen molar-refractivity contribution in [3.05, 3.63) is 76.3 Å². The van der Waals surface area contributed by atoms with Crippen LogP contribution in [-0.4, -0.2) is 32.8 Å². The van der Waals surface area contributed by atoms with E-state index in [1.54, 1.807) is 19.7 Å². The van der Waals surface area contributed by atoms with Gasteiger partial charge in [-0.25, -0.2) is 4.98 Å². The van der Waals surface area contributed by atoms with Gasteiger partial charge in [0.05, 0.1) is 7.14 Å². The second-order valence-corrected chi connectivity index (χ2v) is 12.1. The molecule has 0 radical (unpaired) electrons. The lowest BCUT2D eigenvalue weighted by atomic mass is 10.0. The van der Waals surface area contributed by atoms with Crippen LogP contribution in [0.1, 0.15) is 22.3 Å². The van der Waals surface area contributed by atoms with Crippen LogP contribution in [0.5, 0.6) is 0 Å². The van der Waals surface area contributed by atoms with Gasteiger partial charge in [0.1, 0.15) is 6.33 Å². The monoisotopic (exact) mass is 465 g/mol. The van der Waals surface area contributed by atoms with Crippen LogP contribution in [-0.2, 0) is 10.7 Å². The van der Waals surface area contributed by atoms with E-state index >= 15 is 0 Å². The van der Waals surface area contributed by atoms with Crippen molar-refractivity contribution in [3.8, 4) is 0 Å². The minimum atomic E-state index is -2.12. The molecule has 4 rings (SSSR count). The third kappa shape index (κ3) is 5.09. The van der Waals surface area contributed by atoms with Gasteiger partial charge in [-0.3, -0.25) is 4.57 Å². The van der Waals surface area contributed by atoms with E-state index in [0.29, 0.717) is 23.1 Å². The minimum Gasteiger partial charge on any atom is -0.338 e. The molecule has 32 heavy (non-hydrogen) atoms. The molecule has 164 valence electrons. The lowest BCUT2D eigenvalue weighted by molar-refractivity contribution is 0.582. The highest BCUT2D eigenvalue weighted by molar-refractivity contribution is 7.61. The fourth-order valence-electron chi connectivity index (χ4n) is 3.60. The minimum absolute atomic E-state index is 0.136. The maximum Gasteiger partial charge on any atom is 0.226 e. The highest BCUT2D eigenvalue weighted by Gasteiger charge is 2.13. The highest BCUT2D eigenvalue weighted by atomic mass is 35.5. The summed E-state index contributed by atoms with van der Waals surface area (Å²) in [4.78, 5) is 13.2. The first kappa shape index (κ1) is 22.3. The summed E-state index contributed by atoms with van der Waals surface area (Å²) in [5.74, 6) is 0.531. The summed E-state index contributed by atoms with van der Waals surface area (Å²) in [6, 6.07) is 14.0. The van der Waals surface area contributed by atoms with Gasteiger partial charge in [0.2, 0.25) is 5.28 Å². The van der Waals surface area contributed by atoms with Crippen molar-refractivity contribution in [2.75, 3.05) is 18.6 Å². The largest absolute Gasteiger partial charge is 0.338 e. The van der Waals surface area contributed by atoms with Crippen molar-refractivity contribution in [2.45, 2.75) is 20.0 Å². The van der Waals surface area contributed by atoms with Crippen LogP contribution in [0.4, 0.5) is 11.5 Å². The van der Waals surface area contributed by atoms with Crippen molar-refractivity contribution in [1.82, 2.24) is 19.5 Å². The average molecular weight is 466 g/mol. The van der Waals surface area contributed by atoms with E-state index in [2.05, 4.69) is 52.3 Å². The van der Waals surface area contributed by atoms with Crippen LogP contribution in [0.3, 0.4) is 0 Å². The first-order chi connectivity index (χ1) is 15.2. The fourth-order valence-corrected chi connectivity index (χ4v) is 4.86. The Hall–Kier alpha value is -2.95. The van der Waals surface area contributed by atoms with Crippen molar-refractivity contribution >= 4 is 53.7 Å². The van der Waals surface area contributed by atoms with Gasteiger partial charge in [0, 0.05) is 18.0 Å². The predicted molar refractivity (Wildman–Crippen MR) is 134 cm³/mol. The second kappa shape index (κ2) is 8.89. The molecule has 0 aliphatic carbocycles. The number of fused-ring (bicyclic) bond motifs is 1. The van der Waals surface area contributed by atoms with Crippen LogP contribution >= 0.6 is 18.7 Å². The summed E-state index contributed by atoms with van der Waals surface area (Å²) >= 11 is 6.23. The molecule has 0 spiro atoms. The van der Waals surface area contributed by atoms with E-state index < -0.39 is 7.14 Å². The summed E-state index contributed by atoms with van der Waals surface area (Å²) in [5, 5.41) is 3.41. The summed E-state index contributed by atoms with van der Waals surface area (Å²) in [6.45, 7) is 7.77. The molecule has 4 aromatic rings. The number of aryl methyl sites for hydroxylation is 2. The van der Waals surface area contributed by atoms with Gasteiger partial charge in [-0.15, -0.1) is 0 Å². The molecule has 0 atom stereocenters. The predicted octanol–water partition coefficient (Wildman–Crippen LogP) is 6.59. The number of hydrogen-bond donors (Lipinski definition) is 1. The number of halogens is 1. The molecule has 2 aromatic carbocycles. The summed E-state index contributed by atoms with van der Waals surface area (Å²) in [6.07, 6.45) is 6.26. The number of nitrogens with one attached hydrogen (secondary N) is 1. The van der Waals surface area contributed by atoms with Crippen LogP contribution in [0, 0.1) is 13.8 Å². The standard InChI is InChI=1S/C24H25ClN5OP/c1-16-6-5-7-17(2)20(16)12-13-30-15-26-21-22(28-24(25)29-23(21)30)27-19-10-8-18(9-11-19)14-32(3,4)31/h5-13,15H,14H2,1-4H3,(H,27,28,29). The Morgan fingerprint density at radius 3 is 2.41 bits per heavy atom. The normalized spacial score (nSPS) is 12.0. The molecule has 0 fully saturated rings. The molecule has 0 amide bonds. The van der Waals surface area contributed by atoms with E-state index in [4.69, 9.17) is 11.6 Å². The van der Waals surface area contributed by atoms with Gasteiger partial charge < -0.3 is 9.88 Å². The van der Waals surface area contributed by atoms with Gasteiger partial charge in [-0.1, -0.05) is 30.3 Å². The third-order valence-electron chi connectivity index (χ3n) is 5.12. The Balaban J connectivity index is 1.64. The first-order valence-corrected chi connectivity index (χ1v) is 13.4. The van der Waals surface area contributed by atoms with Crippen LogP contribution in [0.2, 0.25) is 5.28 Å². The number of aromatic nitrogens is 4. The van der Waals surface area contributed by atoms with Gasteiger partial charge >= 0.3 is 0 Å². The molecule has 0 bridgehead atoms. The molecule has 1 N–H and O–H groups in total. The summed E-state index contributed by atoms with van der Waals surface area (Å²) < 4.78 is 13.9.